The van der Waals surface area contributed by atoms with Crippen molar-refractivity contribution in [2.75, 3.05) is 6.54 Å². The third-order valence-corrected chi connectivity index (χ3v) is 3.59. The monoisotopic (exact) mass is 246 g/mol. The third kappa shape index (κ3) is 2.91. The summed E-state index contributed by atoms with van der Waals surface area (Å²) in [7, 11) is 0. The van der Waals surface area contributed by atoms with Gasteiger partial charge < -0.3 is 10.6 Å². The highest BCUT2D eigenvalue weighted by molar-refractivity contribution is 5.82. The predicted octanol–water partition coefficient (Wildman–Crippen LogP) is 2.26. The molecule has 1 atom stereocenters. The second-order valence-corrected chi connectivity index (χ2v) is 5.40. The molecule has 2 N–H and O–H groups in total. The largest absolute Gasteiger partial charge is 0.337 e. The first-order valence-corrected chi connectivity index (χ1v) is 6.71. The Morgan fingerprint density at radius 3 is 2.61 bits per heavy atom. The smallest absolute Gasteiger partial charge is 0.239 e. The van der Waals surface area contributed by atoms with E-state index in [4.69, 9.17) is 5.73 Å². The summed E-state index contributed by atoms with van der Waals surface area (Å²) >= 11 is 0. The van der Waals surface area contributed by atoms with Crippen molar-refractivity contribution in [2.45, 2.75) is 45.2 Å². The Kier molecular flexibility index (Phi) is 4.02. The fourth-order valence-corrected chi connectivity index (χ4v) is 2.36. The van der Waals surface area contributed by atoms with Crippen LogP contribution in [-0.4, -0.2) is 23.4 Å². The van der Waals surface area contributed by atoms with Crippen molar-refractivity contribution in [3.05, 3.63) is 35.4 Å². The molecule has 1 aromatic carbocycles. The average Bonchev–Trinajstić information content (AvgIpc) is 2.36. The minimum Gasteiger partial charge on any atom is -0.337 e. The van der Waals surface area contributed by atoms with Crippen LogP contribution < -0.4 is 5.73 Å². The molecule has 3 heteroatoms. The number of carbonyl (C=O) groups is 1. The average molecular weight is 246 g/mol. The van der Waals surface area contributed by atoms with Gasteiger partial charge in [0, 0.05) is 13.1 Å². The summed E-state index contributed by atoms with van der Waals surface area (Å²) in [5, 5.41) is 0. The van der Waals surface area contributed by atoms with E-state index < -0.39 is 0 Å². The molecule has 3 nitrogen and oxygen atoms in total. The summed E-state index contributed by atoms with van der Waals surface area (Å²) in [4.78, 5) is 13.8. The van der Waals surface area contributed by atoms with Crippen molar-refractivity contribution in [1.29, 1.82) is 0 Å². The number of hydrogen-bond donors (Lipinski definition) is 1. The van der Waals surface area contributed by atoms with Gasteiger partial charge in [-0.05, 0) is 29.9 Å². The van der Waals surface area contributed by atoms with Gasteiger partial charge in [-0.3, -0.25) is 4.79 Å². The van der Waals surface area contributed by atoms with Gasteiger partial charge in [-0.25, -0.2) is 0 Å². The number of benzene rings is 1. The molecule has 0 aliphatic carbocycles. The maximum atomic E-state index is 11.9. The van der Waals surface area contributed by atoms with Gasteiger partial charge in [-0.2, -0.15) is 0 Å². The van der Waals surface area contributed by atoms with Crippen molar-refractivity contribution < 1.29 is 4.79 Å². The Hall–Kier alpha value is -1.35. The summed E-state index contributed by atoms with van der Waals surface area (Å²) in [5.41, 5.74) is 8.31. The highest BCUT2D eigenvalue weighted by Gasteiger charge is 2.25. The first-order valence-electron chi connectivity index (χ1n) is 6.71. The van der Waals surface area contributed by atoms with E-state index in [1.54, 1.807) is 0 Å². The second-order valence-electron chi connectivity index (χ2n) is 5.40. The SMILES string of the molecule is CC(C)c1ccc(CN2CCCC(N)C2=O)cc1. The van der Waals surface area contributed by atoms with E-state index in [1.165, 1.54) is 11.1 Å². The predicted molar refractivity (Wildman–Crippen MR) is 73.2 cm³/mol. The molecular formula is C15H22N2O. The fourth-order valence-electron chi connectivity index (χ4n) is 2.36. The quantitative estimate of drug-likeness (QED) is 0.889. The number of amides is 1. The fraction of sp³-hybridized carbons (Fsp3) is 0.533. The van der Waals surface area contributed by atoms with E-state index >= 15 is 0 Å². The first kappa shape index (κ1) is 13.1. The van der Waals surface area contributed by atoms with Gasteiger partial charge in [0.15, 0.2) is 0 Å². The molecule has 0 saturated carbocycles. The van der Waals surface area contributed by atoms with Gasteiger partial charge in [-0.1, -0.05) is 38.1 Å². The number of rotatable bonds is 3. The number of nitrogens with two attached hydrogens (primary N) is 1. The van der Waals surface area contributed by atoms with Gasteiger partial charge in [0.25, 0.3) is 0 Å². The lowest BCUT2D eigenvalue weighted by molar-refractivity contribution is -0.135. The minimum atomic E-state index is -0.298. The first-order chi connectivity index (χ1) is 8.58. The normalized spacial score (nSPS) is 20.6. The number of likely N-dealkylation sites (tertiary alicyclic amines) is 1. The van der Waals surface area contributed by atoms with Crippen molar-refractivity contribution in [1.82, 2.24) is 4.90 Å². The minimum absolute atomic E-state index is 0.0918. The van der Waals surface area contributed by atoms with Crippen molar-refractivity contribution in [3.8, 4) is 0 Å². The molecule has 18 heavy (non-hydrogen) atoms. The summed E-state index contributed by atoms with van der Waals surface area (Å²) in [6, 6.07) is 8.22. The number of carbonyl (C=O) groups excluding carboxylic acids is 1. The lowest BCUT2D eigenvalue weighted by Crippen LogP contribution is -2.47. The van der Waals surface area contributed by atoms with Gasteiger partial charge in [-0.15, -0.1) is 0 Å². The number of hydrogen-bond acceptors (Lipinski definition) is 2. The molecule has 1 amide bonds. The summed E-state index contributed by atoms with van der Waals surface area (Å²) in [6.45, 7) is 5.88. The molecule has 1 heterocycles. The van der Waals surface area contributed by atoms with E-state index in [-0.39, 0.29) is 11.9 Å². The van der Waals surface area contributed by atoms with Crippen molar-refractivity contribution in [2.24, 2.45) is 5.73 Å². The van der Waals surface area contributed by atoms with Gasteiger partial charge in [0.1, 0.15) is 0 Å². The molecule has 2 rings (SSSR count). The Labute approximate surface area is 109 Å². The third-order valence-electron chi connectivity index (χ3n) is 3.59. The van der Waals surface area contributed by atoms with Gasteiger partial charge >= 0.3 is 0 Å². The van der Waals surface area contributed by atoms with Crippen LogP contribution in [0.15, 0.2) is 24.3 Å². The molecule has 98 valence electrons. The van der Waals surface area contributed by atoms with Crippen molar-refractivity contribution in [3.63, 3.8) is 0 Å². The Bertz CT molecular complexity index is 411. The summed E-state index contributed by atoms with van der Waals surface area (Å²) < 4.78 is 0. The molecular weight excluding hydrogens is 224 g/mol. The van der Waals surface area contributed by atoms with Gasteiger partial charge in [0.05, 0.1) is 6.04 Å². The topological polar surface area (TPSA) is 46.3 Å². The molecule has 1 saturated heterocycles. The van der Waals surface area contributed by atoms with Crippen LogP contribution in [0, 0.1) is 0 Å². The molecule has 0 radical (unpaired) electrons. The van der Waals surface area contributed by atoms with Crippen LogP contribution in [0.2, 0.25) is 0 Å². The Balaban J connectivity index is 2.02. The van der Waals surface area contributed by atoms with E-state index in [0.717, 1.165) is 19.4 Å². The molecule has 1 unspecified atom stereocenters. The maximum Gasteiger partial charge on any atom is 0.239 e. The lowest BCUT2D eigenvalue weighted by Gasteiger charge is -2.30. The summed E-state index contributed by atoms with van der Waals surface area (Å²) in [5.74, 6) is 0.637. The lowest BCUT2D eigenvalue weighted by atomic mass is 10.0. The van der Waals surface area contributed by atoms with Crippen LogP contribution in [-0.2, 0) is 11.3 Å². The zero-order valence-corrected chi connectivity index (χ0v) is 11.2. The zero-order chi connectivity index (χ0) is 13.1. The summed E-state index contributed by atoms with van der Waals surface area (Å²) in [6.07, 6.45) is 1.83. The van der Waals surface area contributed by atoms with E-state index in [9.17, 15) is 4.79 Å². The molecule has 1 aliphatic rings. The van der Waals surface area contributed by atoms with Crippen LogP contribution >= 0.6 is 0 Å². The molecule has 1 aliphatic heterocycles. The second kappa shape index (κ2) is 5.53. The highest BCUT2D eigenvalue weighted by atomic mass is 16.2. The van der Waals surface area contributed by atoms with Crippen LogP contribution in [0.1, 0.15) is 43.7 Å². The van der Waals surface area contributed by atoms with E-state index in [2.05, 4.69) is 38.1 Å². The van der Waals surface area contributed by atoms with E-state index in [0.29, 0.717) is 12.5 Å². The zero-order valence-electron chi connectivity index (χ0n) is 11.2. The molecule has 0 aromatic heterocycles. The maximum absolute atomic E-state index is 11.9. The van der Waals surface area contributed by atoms with Crippen LogP contribution in [0.4, 0.5) is 0 Å². The Morgan fingerprint density at radius 1 is 1.33 bits per heavy atom. The van der Waals surface area contributed by atoms with Gasteiger partial charge in [0.2, 0.25) is 5.91 Å². The highest BCUT2D eigenvalue weighted by Crippen LogP contribution is 2.17. The number of piperidine rings is 1. The molecule has 1 fully saturated rings. The van der Waals surface area contributed by atoms with Crippen LogP contribution in [0.5, 0.6) is 0 Å². The Morgan fingerprint density at radius 2 is 2.00 bits per heavy atom. The van der Waals surface area contributed by atoms with E-state index in [1.807, 2.05) is 4.90 Å². The standard InChI is InChI=1S/C15H22N2O/c1-11(2)13-7-5-12(6-8-13)10-17-9-3-4-14(16)15(17)18/h5-8,11,14H,3-4,9-10,16H2,1-2H3. The molecule has 1 aromatic rings. The van der Waals surface area contributed by atoms with Crippen molar-refractivity contribution >= 4 is 5.91 Å². The molecule has 0 bridgehead atoms. The van der Waals surface area contributed by atoms with Crippen LogP contribution in [0.3, 0.4) is 0 Å². The molecule has 0 spiro atoms. The van der Waals surface area contributed by atoms with Crippen LogP contribution in [0.25, 0.3) is 0 Å². The number of nitrogens with zero attached hydrogens (tertiary/aromatic N) is 1.